The zero-order chi connectivity index (χ0) is 10.8. The van der Waals surface area contributed by atoms with Gasteiger partial charge < -0.3 is 5.32 Å². The lowest BCUT2D eigenvalue weighted by molar-refractivity contribution is -0.123. The van der Waals surface area contributed by atoms with Crippen molar-refractivity contribution in [3.63, 3.8) is 0 Å². The zero-order valence-corrected chi connectivity index (χ0v) is 10.1. The summed E-state index contributed by atoms with van der Waals surface area (Å²) in [6.45, 7) is 2.13. The Morgan fingerprint density at radius 3 is 2.60 bits per heavy atom. The monoisotopic (exact) mass is 229 g/mol. The smallest absolute Gasteiger partial charge is 0.223 e. The second kappa shape index (κ2) is 4.73. The lowest BCUT2D eigenvalue weighted by Crippen LogP contribution is -2.41. The van der Waals surface area contributed by atoms with Gasteiger partial charge >= 0.3 is 0 Å². The summed E-state index contributed by atoms with van der Waals surface area (Å²) in [7, 11) is 0. The van der Waals surface area contributed by atoms with E-state index in [9.17, 15) is 4.79 Å². The zero-order valence-electron chi connectivity index (χ0n) is 9.34. The summed E-state index contributed by atoms with van der Waals surface area (Å²) in [4.78, 5) is 11.8. The maximum absolute atomic E-state index is 11.8. The predicted molar refractivity (Wildman–Crippen MR) is 61.9 cm³/mol. The van der Waals surface area contributed by atoms with E-state index in [0.717, 1.165) is 19.3 Å². The van der Waals surface area contributed by atoms with Gasteiger partial charge in [0.1, 0.15) is 0 Å². The Labute approximate surface area is 96.8 Å². The first-order valence-electron chi connectivity index (χ1n) is 6.13. The minimum absolute atomic E-state index is 0.144. The molecule has 0 radical (unpaired) electrons. The van der Waals surface area contributed by atoms with E-state index < -0.39 is 0 Å². The summed E-state index contributed by atoms with van der Waals surface area (Å²) in [6.07, 6.45) is 6.84. The maximum atomic E-state index is 11.8. The molecule has 2 fully saturated rings. The molecule has 0 aromatic rings. The molecule has 3 heteroatoms. The minimum atomic E-state index is 0.144. The average molecular weight is 230 g/mol. The molecule has 4 unspecified atom stereocenters. The molecule has 2 aliphatic rings. The van der Waals surface area contributed by atoms with Crippen molar-refractivity contribution in [2.45, 2.75) is 56.9 Å². The Morgan fingerprint density at radius 1 is 1.27 bits per heavy atom. The molecule has 2 saturated carbocycles. The van der Waals surface area contributed by atoms with Gasteiger partial charge in [0, 0.05) is 12.0 Å². The molecule has 1 amide bonds. The van der Waals surface area contributed by atoms with Crippen LogP contribution < -0.4 is 5.32 Å². The predicted octanol–water partition coefficient (Wildman–Crippen LogP) is 2.70. The van der Waals surface area contributed by atoms with Crippen LogP contribution in [0.3, 0.4) is 0 Å². The van der Waals surface area contributed by atoms with Crippen LogP contribution in [-0.2, 0) is 4.79 Å². The molecule has 0 saturated heterocycles. The molecular weight excluding hydrogens is 210 g/mol. The molecule has 0 heterocycles. The van der Waals surface area contributed by atoms with Crippen LogP contribution in [0.4, 0.5) is 0 Å². The summed E-state index contributed by atoms with van der Waals surface area (Å²) in [5.74, 6) is 1.10. The van der Waals surface area contributed by atoms with Gasteiger partial charge in [0.2, 0.25) is 5.91 Å². The fraction of sp³-hybridized carbons (Fsp3) is 0.917. The molecule has 2 nitrogen and oxygen atoms in total. The van der Waals surface area contributed by atoms with E-state index in [1.807, 2.05) is 0 Å². The molecule has 0 aliphatic heterocycles. The Morgan fingerprint density at radius 2 is 1.93 bits per heavy atom. The van der Waals surface area contributed by atoms with Gasteiger partial charge in [-0.3, -0.25) is 4.79 Å². The van der Waals surface area contributed by atoms with Gasteiger partial charge in [-0.1, -0.05) is 26.2 Å². The van der Waals surface area contributed by atoms with Crippen molar-refractivity contribution in [1.82, 2.24) is 5.32 Å². The lowest BCUT2D eigenvalue weighted by Gasteiger charge is -2.21. The third-order valence-corrected chi connectivity index (χ3v) is 4.23. The molecule has 15 heavy (non-hydrogen) atoms. The quantitative estimate of drug-likeness (QED) is 0.573. The Bertz CT molecular complexity index is 244. The van der Waals surface area contributed by atoms with E-state index in [1.54, 1.807) is 0 Å². The lowest BCUT2D eigenvalue weighted by atomic mass is 10.1. The van der Waals surface area contributed by atoms with Crippen LogP contribution in [0.15, 0.2) is 0 Å². The largest absolute Gasteiger partial charge is 0.352 e. The van der Waals surface area contributed by atoms with Crippen molar-refractivity contribution in [3.05, 3.63) is 0 Å². The van der Waals surface area contributed by atoms with E-state index in [0.29, 0.717) is 5.92 Å². The first kappa shape index (κ1) is 11.3. The number of carbonyl (C=O) groups is 1. The molecule has 0 aromatic heterocycles. The number of rotatable bonds is 2. The maximum Gasteiger partial charge on any atom is 0.223 e. The molecular formula is C12H20ClNO. The van der Waals surface area contributed by atoms with Crippen molar-refractivity contribution >= 4 is 17.5 Å². The Balaban J connectivity index is 1.83. The second-order valence-corrected chi connectivity index (χ2v) is 5.65. The number of amides is 1. The van der Waals surface area contributed by atoms with E-state index in [1.165, 1.54) is 19.3 Å². The van der Waals surface area contributed by atoms with E-state index >= 15 is 0 Å². The third kappa shape index (κ3) is 2.87. The van der Waals surface area contributed by atoms with Crippen LogP contribution >= 0.6 is 11.6 Å². The third-order valence-electron chi connectivity index (χ3n) is 3.71. The highest BCUT2D eigenvalue weighted by molar-refractivity contribution is 6.21. The Hall–Kier alpha value is -0.240. The molecule has 86 valence electrons. The highest BCUT2D eigenvalue weighted by Crippen LogP contribution is 2.38. The number of hydrogen-bond acceptors (Lipinski definition) is 1. The van der Waals surface area contributed by atoms with Crippen LogP contribution in [0.5, 0.6) is 0 Å². The molecule has 0 aromatic carbocycles. The van der Waals surface area contributed by atoms with Crippen molar-refractivity contribution in [3.8, 4) is 0 Å². The van der Waals surface area contributed by atoms with Crippen molar-refractivity contribution in [2.24, 2.45) is 11.8 Å². The first-order valence-corrected chi connectivity index (χ1v) is 6.56. The summed E-state index contributed by atoms with van der Waals surface area (Å²) >= 11 is 6.28. The molecule has 0 bridgehead atoms. The van der Waals surface area contributed by atoms with Gasteiger partial charge in [-0.15, -0.1) is 11.6 Å². The molecule has 0 spiro atoms. The highest BCUT2D eigenvalue weighted by atomic mass is 35.5. The summed E-state index contributed by atoms with van der Waals surface area (Å²) in [5, 5.41) is 3.27. The van der Waals surface area contributed by atoms with Gasteiger partial charge in [-0.2, -0.15) is 0 Å². The highest BCUT2D eigenvalue weighted by Gasteiger charge is 2.40. The van der Waals surface area contributed by atoms with Crippen LogP contribution in [-0.4, -0.2) is 17.3 Å². The number of alkyl halides is 1. The van der Waals surface area contributed by atoms with Crippen LogP contribution in [0.2, 0.25) is 0 Å². The van der Waals surface area contributed by atoms with Crippen molar-refractivity contribution < 1.29 is 4.79 Å². The van der Waals surface area contributed by atoms with Gasteiger partial charge in [0.05, 0.1) is 5.38 Å². The molecule has 4 atom stereocenters. The van der Waals surface area contributed by atoms with Crippen molar-refractivity contribution in [1.29, 1.82) is 0 Å². The standard InChI is InChI=1S/C12H20ClNO/c1-8-7-9(8)12(15)14-11-6-4-2-3-5-10(11)13/h8-11H,2-7H2,1H3,(H,14,15). The van der Waals surface area contributed by atoms with E-state index in [4.69, 9.17) is 11.6 Å². The number of nitrogens with one attached hydrogen (secondary N) is 1. The minimum Gasteiger partial charge on any atom is -0.352 e. The van der Waals surface area contributed by atoms with E-state index in [-0.39, 0.29) is 23.2 Å². The number of carbonyl (C=O) groups excluding carboxylic acids is 1. The van der Waals surface area contributed by atoms with Crippen LogP contribution in [0.25, 0.3) is 0 Å². The normalized spacial score (nSPS) is 40.7. The first-order chi connectivity index (χ1) is 7.18. The average Bonchev–Trinajstić information content (AvgIpc) is 2.94. The summed E-state index contributed by atoms with van der Waals surface area (Å²) < 4.78 is 0. The van der Waals surface area contributed by atoms with Gasteiger partial charge in [0.15, 0.2) is 0 Å². The fourth-order valence-electron chi connectivity index (χ4n) is 2.40. The SMILES string of the molecule is CC1CC1C(=O)NC1CCCCCC1Cl. The van der Waals surface area contributed by atoms with Crippen LogP contribution in [0.1, 0.15) is 45.4 Å². The fourth-order valence-corrected chi connectivity index (χ4v) is 2.75. The van der Waals surface area contributed by atoms with Gasteiger partial charge in [-0.25, -0.2) is 0 Å². The summed E-state index contributed by atoms with van der Waals surface area (Å²) in [6, 6.07) is 0.217. The topological polar surface area (TPSA) is 29.1 Å². The Kier molecular flexibility index (Phi) is 3.55. The molecule has 1 N–H and O–H groups in total. The van der Waals surface area contributed by atoms with Crippen LogP contribution in [0, 0.1) is 11.8 Å². The summed E-state index contributed by atoms with van der Waals surface area (Å²) in [5.41, 5.74) is 0. The van der Waals surface area contributed by atoms with E-state index in [2.05, 4.69) is 12.2 Å². The second-order valence-electron chi connectivity index (χ2n) is 5.09. The number of hydrogen-bond donors (Lipinski definition) is 1. The molecule has 2 aliphatic carbocycles. The van der Waals surface area contributed by atoms with Crippen molar-refractivity contribution in [2.75, 3.05) is 0 Å². The van der Waals surface area contributed by atoms with Gasteiger partial charge in [-0.05, 0) is 25.2 Å². The number of halogens is 1. The van der Waals surface area contributed by atoms with Gasteiger partial charge in [0.25, 0.3) is 0 Å². The molecule has 2 rings (SSSR count).